The number of benzene rings is 1. The molecule has 0 saturated carbocycles. The molecule has 0 aliphatic heterocycles. The molecule has 0 radical (unpaired) electrons. The molecule has 0 aliphatic rings. The van der Waals surface area contributed by atoms with Gasteiger partial charge < -0.3 is 15.0 Å². The lowest BCUT2D eigenvalue weighted by Gasteiger charge is -2.05. The van der Waals surface area contributed by atoms with Crippen LogP contribution in [-0.4, -0.2) is 12.3 Å². The number of anilines is 1. The van der Waals surface area contributed by atoms with Gasteiger partial charge in [-0.05, 0) is 12.1 Å². The Kier molecular flexibility index (Phi) is 2.47. The van der Waals surface area contributed by atoms with Crippen molar-refractivity contribution in [3.63, 3.8) is 0 Å². The average molecular weight is 226 g/mol. The third kappa shape index (κ3) is 1.48. The number of nitrogen functional groups attached to an aromatic ring is 1. The van der Waals surface area contributed by atoms with E-state index in [1.165, 1.54) is 25.4 Å². The second-order valence-corrected chi connectivity index (χ2v) is 3.05. The molecule has 0 saturated heterocycles. The summed E-state index contributed by atoms with van der Waals surface area (Å²) in [5.74, 6) is -2.35. The predicted molar refractivity (Wildman–Crippen MR) is 52.8 cm³/mol. The molecule has 0 bridgehead atoms. The molecule has 1 aromatic carbocycles. The quantitative estimate of drug-likeness (QED) is 0.852. The monoisotopic (exact) mass is 226 g/mol. The Bertz CT molecular complexity index is 526. The van der Waals surface area contributed by atoms with Gasteiger partial charge >= 0.3 is 0 Å². The maximum Gasteiger partial charge on any atom is 0.230 e. The minimum atomic E-state index is -1.07. The highest BCUT2D eigenvalue weighted by atomic mass is 19.2. The number of rotatable bonds is 2. The van der Waals surface area contributed by atoms with Crippen LogP contribution in [0.3, 0.4) is 0 Å². The van der Waals surface area contributed by atoms with E-state index in [4.69, 9.17) is 5.73 Å². The van der Waals surface area contributed by atoms with Gasteiger partial charge in [-0.15, -0.1) is 0 Å². The zero-order chi connectivity index (χ0) is 11.7. The third-order valence-corrected chi connectivity index (χ3v) is 2.16. The maximum atomic E-state index is 13.6. The van der Waals surface area contributed by atoms with Crippen LogP contribution in [0.1, 0.15) is 0 Å². The van der Waals surface area contributed by atoms with E-state index in [2.05, 4.69) is 14.4 Å². The molecule has 16 heavy (non-hydrogen) atoms. The van der Waals surface area contributed by atoms with Crippen LogP contribution >= 0.6 is 0 Å². The highest BCUT2D eigenvalue weighted by molar-refractivity contribution is 5.72. The number of halogens is 2. The summed E-state index contributed by atoms with van der Waals surface area (Å²) in [6.45, 7) is 0. The van der Waals surface area contributed by atoms with Crippen molar-refractivity contribution in [3.05, 3.63) is 30.0 Å². The fourth-order valence-electron chi connectivity index (χ4n) is 1.35. The Hall–Kier alpha value is -2.11. The second kappa shape index (κ2) is 3.80. The summed E-state index contributed by atoms with van der Waals surface area (Å²) in [6, 6.07) is 2.65. The highest BCUT2D eigenvalue weighted by Gasteiger charge is 2.18. The molecule has 0 spiro atoms. The van der Waals surface area contributed by atoms with E-state index in [1.54, 1.807) is 0 Å². The van der Waals surface area contributed by atoms with Crippen LogP contribution in [0.25, 0.3) is 11.1 Å². The number of hydrogen-bond donors (Lipinski definition) is 1. The van der Waals surface area contributed by atoms with Crippen molar-refractivity contribution in [2.24, 2.45) is 0 Å². The van der Waals surface area contributed by atoms with Gasteiger partial charge in [0.1, 0.15) is 0 Å². The molecule has 0 atom stereocenters. The van der Waals surface area contributed by atoms with Crippen molar-refractivity contribution in [2.45, 2.75) is 0 Å². The maximum absolute atomic E-state index is 13.6. The average Bonchev–Trinajstić information content (AvgIpc) is 2.69. The molecule has 0 aliphatic carbocycles. The number of nitrogens with zero attached hydrogens (tertiary/aromatic N) is 1. The van der Waals surface area contributed by atoms with Crippen molar-refractivity contribution in [1.82, 2.24) is 5.16 Å². The van der Waals surface area contributed by atoms with Gasteiger partial charge in [-0.1, -0.05) is 5.16 Å². The fourth-order valence-corrected chi connectivity index (χ4v) is 1.35. The van der Waals surface area contributed by atoms with Gasteiger partial charge in [-0.3, -0.25) is 0 Å². The highest BCUT2D eigenvalue weighted by Crippen LogP contribution is 2.32. The van der Waals surface area contributed by atoms with Crippen molar-refractivity contribution in [3.8, 4) is 16.9 Å². The van der Waals surface area contributed by atoms with Crippen molar-refractivity contribution in [1.29, 1.82) is 0 Å². The molecular weight excluding hydrogens is 218 g/mol. The summed E-state index contributed by atoms with van der Waals surface area (Å²) in [5, 5.41) is 3.39. The van der Waals surface area contributed by atoms with Crippen LogP contribution in [0.5, 0.6) is 5.75 Å². The molecule has 2 rings (SSSR count). The van der Waals surface area contributed by atoms with Gasteiger partial charge in [0.2, 0.25) is 11.7 Å². The Morgan fingerprint density at radius 3 is 2.56 bits per heavy atom. The van der Waals surface area contributed by atoms with Crippen LogP contribution in [0.2, 0.25) is 0 Å². The second-order valence-electron chi connectivity index (χ2n) is 3.05. The minimum Gasteiger partial charge on any atom is -0.494 e. The van der Waals surface area contributed by atoms with Crippen molar-refractivity contribution >= 4 is 5.88 Å². The van der Waals surface area contributed by atoms with Gasteiger partial charge in [-0.25, -0.2) is 4.39 Å². The number of aromatic nitrogens is 1. The first-order chi connectivity index (χ1) is 7.65. The van der Waals surface area contributed by atoms with Crippen molar-refractivity contribution < 1.29 is 18.0 Å². The van der Waals surface area contributed by atoms with Crippen LogP contribution < -0.4 is 10.5 Å². The van der Waals surface area contributed by atoms with Crippen LogP contribution in [0.4, 0.5) is 14.7 Å². The topological polar surface area (TPSA) is 61.3 Å². The number of hydrogen-bond acceptors (Lipinski definition) is 4. The molecule has 2 aromatic rings. The summed E-state index contributed by atoms with van der Waals surface area (Å²) in [5.41, 5.74) is 5.60. The van der Waals surface area contributed by atoms with E-state index in [-0.39, 0.29) is 22.8 Å². The molecule has 2 N–H and O–H groups in total. The normalized spacial score (nSPS) is 10.4. The van der Waals surface area contributed by atoms with E-state index >= 15 is 0 Å². The van der Waals surface area contributed by atoms with Crippen LogP contribution in [0.15, 0.2) is 22.9 Å². The van der Waals surface area contributed by atoms with Gasteiger partial charge in [-0.2, -0.15) is 4.39 Å². The predicted octanol–water partition coefficient (Wildman–Crippen LogP) is 2.21. The third-order valence-electron chi connectivity index (χ3n) is 2.16. The summed E-state index contributed by atoms with van der Waals surface area (Å²) < 4.78 is 36.2. The zero-order valence-corrected chi connectivity index (χ0v) is 8.33. The standard InChI is InChI=1S/C10H8F2N2O2/c1-15-7-3-2-5(8(11)9(7)12)6-4-14-16-10(6)13/h2-4H,13H2,1H3. The molecule has 0 amide bonds. The van der Waals surface area contributed by atoms with E-state index in [9.17, 15) is 8.78 Å². The SMILES string of the molecule is COc1ccc(-c2cnoc2N)c(F)c1F. The Morgan fingerprint density at radius 1 is 1.25 bits per heavy atom. The van der Waals surface area contributed by atoms with Crippen LogP contribution in [0, 0.1) is 11.6 Å². The summed E-state index contributed by atoms with van der Waals surface area (Å²) in [4.78, 5) is 0. The first-order valence-electron chi connectivity index (χ1n) is 4.37. The largest absolute Gasteiger partial charge is 0.494 e. The van der Waals surface area contributed by atoms with E-state index in [0.717, 1.165) is 0 Å². The van der Waals surface area contributed by atoms with Gasteiger partial charge in [0, 0.05) is 5.56 Å². The lowest BCUT2D eigenvalue weighted by molar-refractivity contribution is 0.372. The van der Waals surface area contributed by atoms with E-state index < -0.39 is 11.6 Å². The number of nitrogens with two attached hydrogens (primary N) is 1. The fraction of sp³-hybridized carbons (Fsp3) is 0.100. The zero-order valence-electron chi connectivity index (χ0n) is 8.33. The molecule has 0 unspecified atom stereocenters. The Labute approximate surface area is 89.6 Å². The molecule has 6 heteroatoms. The summed E-state index contributed by atoms with van der Waals surface area (Å²) in [6.07, 6.45) is 1.22. The molecule has 4 nitrogen and oxygen atoms in total. The minimum absolute atomic E-state index is 0.0166. The van der Waals surface area contributed by atoms with Gasteiger partial charge in [0.15, 0.2) is 11.6 Å². The van der Waals surface area contributed by atoms with E-state index in [1.807, 2.05) is 0 Å². The Morgan fingerprint density at radius 2 is 2.00 bits per heavy atom. The lowest BCUT2D eigenvalue weighted by atomic mass is 10.1. The Balaban J connectivity index is 2.60. The van der Waals surface area contributed by atoms with Crippen molar-refractivity contribution in [2.75, 3.05) is 12.8 Å². The van der Waals surface area contributed by atoms with Gasteiger partial charge in [0.05, 0.1) is 18.9 Å². The number of ether oxygens (including phenoxy) is 1. The first-order valence-corrected chi connectivity index (χ1v) is 4.37. The molecule has 84 valence electrons. The molecule has 1 heterocycles. The molecule has 0 fully saturated rings. The first kappa shape index (κ1) is 10.4. The van der Waals surface area contributed by atoms with Gasteiger partial charge in [0.25, 0.3) is 0 Å². The summed E-state index contributed by atoms with van der Waals surface area (Å²) in [7, 11) is 1.26. The van der Waals surface area contributed by atoms with Crippen LogP contribution in [-0.2, 0) is 0 Å². The summed E-state index contributed by atoms with van der Waals surface area (Å²) >= 11 is 0. The lowest BCUT2D eigenvalue weighted by Crippen LogP contribution is -1.95. The molecule has 1 aromatic heterocycles. The number of methoxy groups -OCH3 is 1. The smallest absolute Gasteiger partial charge is 0.230 e. The van der Waals surface area contributed by atoms with E-state index in [0.29, 0.717) is 0 Å². The molecular formula is C10H8F2N2O2.